The van der Waals surface area contributed by atoms with Gasteiger partial charge in [0.1, 0.15) is 12.4 Å². The number of anilines is 1. The van der Waals surface area contributed by atoms with Crippen molar-refractivity contribution in [3.05, 3.63) is 58.1 Å². The molecule has 1 aliphatic rings. The quantitative estimate of drug-likeness (QED) is 0.428. The number of nitrogens with one attached hydrogen (secondary N) is 2. The molecule has 2 N–H and O–H groups in total. The van der Waals surface area contributed by atoms with Crippen LogP contribution in [0, 0.1) is 4.77 Å². The lowest BCUT2D eigenvalue weighted by Crippen LogP contribution is -2.19. The fraction of sp³-hybridized carbons (Fsp3) is 0.273. The standard InChI is InChI=1S/C22H21ClN6OS/c23-15-7-5-14(6-8-15)21-26-27-22(31)29(21)13-20(30)24-16-9-10-18-17(12-16)25-19-4-2-1-3-11-28(18)19/h5-10,12H,1-4,11,13H2,(H,24,30)(H,27,31). The average Bonchev–Trinajstić information content (AvgIpc) is 3.18. The van der Waals surface area contributed by atoms with Gasteiger partial charge in [0, 0.05) is 29.2 Å². The summed E-state index contributed by atoms with van der Waals surface area (Å²) in [5.41, 5.74) is 3.58. The number of hydrogen-bond acceptors (Lipinski definition) is 4. The highest BCUT2D eigenvalue weighted by Gasteiger charge is 2.16. The molecule has 0 saturated heterocycles. The number of fused-ring (bicyclic) bond motifs is 3. The highest BCUT2D eigenvalue weighted by molar-refractivity contribution is 7.71. The first kappa shape index (κ1) is 20.0. The van der Waals surface area contributed by atoms with Crippen molar-refractivity contribution in [1.29, 1.82) is 0 Å². The fourth-order valence-corrected chi connectivity index (χ4v) is 4.38. The van der Waals surface area contributed by atoms with Crippen LogP contribution in [0.15, 0.2) is 42.5 Å². The van der Waals surface area contributed by atoms with Gasteiger partial charge in [0.2, 0.25) is 5.91 Å². The second-order valence-corrected chi connectivity index (χ2v) is 8.51. The number of amides is 1. The van der Waals surface area contributed by atoms with Crippen molar-refractivity contribution in [2.75, 3.05) is 5.32 Å². The minimum atomic E-state index is -0.187. The Hall–Kier alpha value is -2.97. The first-order valence-electron chi connectivity index (χ1n) is 10.3. The molecule has 0 bridgehead atoms. The highest BCUT2D eigenvalue weighted by Crippen LogP contribution is 2.25. The van der Waals surface area contributed by atoms with Gasteiger partial charge in [-0.25, -0.2) is 4.98 Å². The van der Waals surface area contributed by atoms with E-state index in [-0.39, 0.29) is 12.5 Å². The first-order chi connectivity index (χ1) is 15.1. The monoisotopic (exact) mass is 452 g/mol. The smallest absolute Gasteiger partial charge is 0.244 e. The largest absolute Gasteiger partial charge is 0.328 e. The number of benzene rings is 2. The second kappa shape index (κ2) is 8.28. The van der Waals surface area contributed by atoms with E-state index in [0.29, 0.717) is 21.3 Å². The maximum atomic E-state index is 12.8. The zero-order chi connectivity index (χ0) is 21.4. The predicted molar refractivity (Wildman–Crippen MR) is 124 cm³/mol. The number of carbonyl (C=O) groups excluding carboxylic acids is 1. The molecule has 3 heterocycles. The summed E-state index contributed by atoms with van der Waals surface area (Å²) in [5.74, 6) is 1.53. The topological polar surface area (TPSA) is 80.5 Å². The normalized spacial score (nSPS) is 13.7. The maximum Gasteiger partial charge on any atom is 0.244 e. The van der Waals surface area contributed by atoms with Crippen LogP contribution in [-0.2, 0) is 24.3 Å². The lowest BCUT2D eigenvalue weighted by molar-refractivity contribution is -0.116. The molecule has 0 aliphatic carbocycles. The van der Waals surface area contributed by atoms with E-state index in [2.05, 4.69) is 20.1 Å². The van der Waals surface area contributed by atoms with Crippen LogP contribution in [0.5, 0.6) is 0 Å². The molecule has 7 nitrogen and oxygen atoms in total. The van der Waals surface area contributed by atoms with E-state index in [0.717, 1.165) is 35.4 Å². The molecule has 31 heavy (non-hydrogen) atoms. The van der Waals surface area contributed by atoms with Crippen LogP contribution < -0.4 is 5.32 Å². The number of nitrogens with zero attached hydrogens (tertiary/aromatic N) is 4. The summed E-state index contributed by atoms with van der Waals surface area (Å²) in [5, 5.41) is 10.6. The Balaban J connectivity index is 1.37. The van der Waals surface area contributed by atoms with E-state index < -0.39 is 0 Å². The number of imidazole rings is 1. The van der Waals surface area contributed by atoms with Crippen molar-refractivity contribution in [3.63, 3.8) is 0 Å². The SMILES string of the molecule is O=C(Cn1c(-c2ccc(Cl)cc2)n[nH]c1=S)Nc1ccc2c(c1)nc1n2CCCCC1. The summed E-state index contributed by atoms with van der Waals surface area (Å²) in [6.07, 6.45) is 4.60. The molecule has 2 aromatic heterocycles. The van der Waals surface area contributed by atoms with Crippen LogP contribution in [-0.4, -0.2) is 30.2 Å². The molecule has 9 heteroatoms. The van der Waals surface area contributed by atoms with Crippen molar-refractivity contribution < 1.29 is 4.79 Å². The molecule has 0 radical (unpaired) electrons. The number of aromatic amines is 1. The maximum absolute atomic E-state index is 12.8. The number of aromatic nitrogens is 5. The molecule has 0 unspecified atom stereocenters. The molecular weight excluding hydrogens is 432 g/mol. The van der Waals surface area contributed by atoms with Crippen molar-refractivity contribution >= 4 is 46.4 Å². The third-order valence-electron chi connectivity index (χ3n) is 5.56. The molecule has 0 atom stereocenters. The van der Waals surface area contributed by atoms with Gasteiger partial charge >= 0.3 is 0 Å². The molecule has 0 spiro atoms. The Bertz CT molecular complexity index is 1320. The van der Waals surface area contributed by atoms with Gasteiger partial charge < -0.3 is 9.88 Å². The van der Waals surface area contributed by atoms with Crippen LogP contribution in [0.1, 0.15) is 25.1 Å². The molecule has 1 aliphatic heterocycles. The Morgan fingerprint density at radius 3 is 2.84 bits per heavy atom. The van der Waals surface area contributed by atoms with Gasteiger partial charge in [0.25, 0.3) is 0 Å². The lowest BCUT2D eigenvalue weighted by Gasteiger charge is -2.09. The third kappa shape index (κ3) is 4.00. The number of aryl methyl sites for hydroxylation is 2. The first-order valence-corrected chi connectivity index (χ1v) is 11.1. The summed E-state index contributed by atoms with van der Waals surface area (Å²) in [4.78, 5) is 17.6. The van der Waals surface area contributed by atoms with Gasteiger partial charge in [-0.15, -0.1) is 0 Å². The summed E-state index contributed by atoms with van der Waals surface area (Å²) in [6, 6.07) is 13.1. The fourth-order valence-electron chi connectivity index (χ4n) is 4.06. The van der Waals surface area contributed by atoms with Gasteiger partial charge in [-0.3, -0.25) is 14.5 Å². The van der Waals surface area contributed by atoms with Crippen LogP contribution >= 0.6 is 23.8 Å². The number of carbonyl (C=O) groups is 1. The molecule has 2 aromatic carbocycles. The molecule has 0 fully saturated rings. The van der Waals surface area contributed by atoms with E-state index >= 15 is 0 Å². The molecule has 0 saturated carbocycles. The minimum Gasteiger partial charge on any atom is -0.328 e. The van der Waals surface area contributed by atoms with E-state index in [9.17, 15) is 4.79 Å². The predicted octanol–water partition coefficient (Wildman–Crippen LogP) is 4.98. The Labute approximate surface area is 189 Å². The summed E-state index contributed by atoms with van der Waals surface area (Å²) in [7, 11) is 0. The third-order valence-corrected chi connectivity index (χ3v) is 6.12. The van der Waals surface area contributed by atoms with Gasteiger partial charge in [-0.2, -0.15) is 5.10 Å². The van der Waals surface area contributed by atoms with Crippen LogP contribution in [0.25, 0.3) is 22.4 Å². The summed E-state index contributed by atoms with van der Waals surface area (Å²) in [6.45, 7) is 1.05. The molecule has 4 aromatic rings. The van der Waals surface area contributed by atoms with Gasteiger partial charge in [-0.1, -0.05) is 18.0 Å². The Kier molecular flexibility index (Phi) is 5.33. The molecule has 1 amide bonds. The Morgan fingerprint density at radius 2 is 2.00 bits per heavy atom. The van der Waals surface area contributed by atoms with E-state index in [1.165, 1.54) is 19.3 Å². The number of halogens is 1. The van der Waals surface area contributed by atoms with Crippen molar-refractivity contribution in [1.82, 2.24) is 24.3 Å². The van der Waals surface area contributed by atoms with Crippen LogP contribution in [0.2, 0.25) is 5.02 Å². The van der Waals surface area contributed by atoms with Gasteiger partial charge in [0.15, 0.2) is 10.6 Å². The Morgan fingerprint density at radius 1 is 1.16 bits per heavy atom. The minimum absolute atomic E-state index is 0.0466. The van der Waals surface area contributed by atoms with E-state index in [4.69, 9.17) is 28.8 Å². The molecular formula is C22H21ClN6OS. The lowest BCUT2D eigenvalue weighted by atomic mass is 10.2. The van der Waals surface area contributed by atoms with Gasteiger partial charge in [0.05, 0.1) is 11.0 Å². The molecule has 158 valence electrons. The highest BCUT2D eigenvalue weighted by atomic mass is 35.5. The van der Waals surface area contributed by atoms with Crippen LogP contribution in [0.3, 0.4) is 0 Å². The second-order valence-electron chi connectivity index (χ2n) is 7.69. The average molecular weight is 453 g/mol. The van der Waals surface area contributed by atoms with Crippen molar-refractivity contribution in [3.8, 4) is 11.4 Å². The van der Waals surface area contributed by atoms with Crippen LogP contribution in [0.4, 0.5) is 5.69 Å². The van der Waals surface area contributed by atoms with E-state index in [1.807, 2.05) is 30.3 Å². The summed E-state index contributed by atoms with van der Waals surface area (Å²) >= 11 is 11.3. The van der Waals surface area contributed by atoms with Gasteiger partial charge in [-0.05, 0) is 67.5 Å². The van der Waals surface area contributed by atoms with Crippen molar-refractivity contribution in [2.24, 2.45) is 0 Å². The zero-order valence-electron chi connectivity index (χ0n) is 16.8. The zero-order valence-corrected chi connectivity index (χ0v) is 18.3. The number of rotatable bonds is 4. The number of hydrogen-bond donors (Lipinski definition) is 2. The molecule has 5 rings (SSSR count). The van der Waals surface area contributed by atoms with Crippen molar-refractivity contribution in [2.45, 2.75) is 38.8 Å². The van der Waals surface area contributed by atoms with E-state index in [1.54, 1.807) is 16.7 Å². The summed E-state index contributed by atoms with van der Waals surface area (Å²) < 4.78 is 4.36. The number of H-pyrrole nitrogens is 1.